The molecule has 0 aromatic carbocycles. The van der Waals surface area contributed by atoms with Gasteiger partial charge in [-0.05, 0) is 57.8 Å². The predicted molar refractivity (Wildman–Crippen MR) is 242 cm³/mol. The maximum absolute atomic E-state index is 12.7. The van der Waals surface area contributed by atoms with Gasteiger partial charge in [-0.2, -0.15) is 0 Å². The van der Waals surface area contributed by atoms with Gasteiger partial charge in [-0.3, -0.25) is 9.59 Å². The zero-order chi connectivity index (χ0) is 40.7. The molecular formula is C51H92O5. The quantitative estimate of drug-likeness (QED) is 0.0350. The van der Waals surface area contributed by atoms with E-state index in [0.717, 1.165) is 77.0 Å². The summed E-state index contributed by atoms with van der Waals surface area (Å²) in [6.45, 7) is 7.70. The largest absolute Gasteiger partial charge is 0.462 e. The average Bonchev–Trinajstić information content (AvgIpc) is 3.20. The van der Waals surface area contributed by atoms with Gasteiger partial charge in [0.05, 0.1) is 6.61 Å². The van der Waals surface area contributed by atoms with E-state index in [9.17, 15) is 9.59 Å². The summed E-state index contributed by atoms with van der Waals surface area (Å²) >= 11 is 0. The van der Waals surface area contributed by atoms with Crippen LogP contribution in [-0.2, 0) is 23.8 Å². The van der Waals surface area contributed by atoms with Gasteiger partial charge in [0.1, 0.15) is 6.61 Å². The molecule has 0 aromatic rings. The van der Waals surface area contributed by atoms with Crippen LogP contribution in [-0.4, -0.2) is 37.9 Å². The van der Waals surface area contributed by atoms with Crippen molar-refractivity contribution in [2.45, 2.75) is 245 Å². The van der Waals surface area contributed by atoms with E-state index in [1.165, 1.54) is 128 Å². The van der Waals surface area contributed by atoms with Crippen molar-refractivity contribution in [2.75, 3.05) is 19.8 Å². The standard InChI is InChI=1S/C51H92O5/c1-4-7-10-13-16-19-21-23-25-26-27-28-30-33-35-38-41-44-50(52)55-48-49(56-51(53)45-42-39-36-32-18-15-12-9-6-3)47-54-46-43-40-37-34-31-29-24-22-20-17-14-11-8-5-2/h7,10,16,19,23,25,27-28,49H,4-6,8-9,11-15,17-18,20-22,24,26,29-48H2,1-3H3/b10-7-,19-16-,25-23-,28-27-. The zero-order valence-electron chi connectivity index (χ0n) is 37.4. The first-order chi connectivity index (χ1) is 27.6. The number of carbonyl (C=O) groups excluding carboxylic acids is 2. The van der Waals surface area contributed by atoms with E-state index in [-0.39, 0.29) is 25.2 Å². The molecule has 0 saturated carbocycles. The molecular weight excluding hydrogens is 693 g/mol. The van der Waals surface area contributed by atoms with Crippen LogP contribution < -0.4 is 0 Å². The lowest BCUT2D eigenvalue weighted by molar-refractivity contribution is -0.163. The van der Waals surface area contributed by atoms with E-state index in [0.29, 0.717) is 19.4 Å². The summed E-state index contributed by atoms with van der Waals surface area (Å²) < 4.78 is 17.3. The number of esters is 2. The molecule has 326 valence electrons. The van der Waals surface area contributed by atoms with E-state index in [2.05, 4.69) is 69.4 Å². The summed E-state index contributed by atoms with van der Waals surface area (Å²) in [7, 11) is 0. The third kappa shape index (κ3) is 44.6. The fraction of sp³-hybridized carbons (Fsp3) is 0.804. The molecule has 0 aromatic heterocycles. The number of rotatable bonds is 44. The molecule has 0 aliphatic heterocycles. The minimum Gasteiger partial charge on any atom is -0.462 e. The van der Waals surface area contributed by atoms with Crippen LogP contribution in [0.5, 0.6) is 0 Å². The van der Waals surface area contributed by atoms with Crippen molar-refractivity contribution >= 4 is 11.9 Å². The summed E-state index contributed by atoms with van der Waals surface area (Å²) in [4.78, 5) is 25.2. The fourth-order valence-corrected chi connectivity index (χ4v) is 6.80. The number of carbonyl (C=O) groups is 2. The Hall–Kier alpha value is -2.14. The summed E-state index contributed by atoms with van der Waals surface area (Å²) in [5, 5.41) is 0. The monoisotopic (exact) mass is 785 g/mol. The summed E-state index contributed by atoms with van der Waals surface area (Å²) in [6.07, 6.45) is 56.8. The summed E-state index contributed by atoms with van der Waals surface area (Å²) in [5.41, 5.74) is 0. The third-order valence-corrected chi connectivity index (χ3v) is 10.4. The Labute approximate surface area is 348 Å². The van der Waals surface area contributed by atoms with Gasteiger partial charge in [0.2, 0.25) is 0 Å². The number of hydrogen-bond donors (Lipinski definition) is 0. The minimum absolute atomic E-state index is 0.0763. The van der Waals surface area contributed by atoms with Gasteiger partial charge in [0.15, 0.2) is 6.10 Å². The minimum atomic E-state index is -0.539. The highest BCUT2D eigenvalue weighted by molar-refractivity contribution is 5.70. The second-order valence-electron chi connectivity index (χ2n) is 16.0. The van der Waals surface area contributed by atoms with Gasteiger partial charge in [0.25, 0.3) is 0 Å². The first-order valence-electron chi connectivity index (χ1n) is 24.2. The molecule has 0 N–H and O–H groups in total. The highest BCUT2D eigenvalue weighted by Gasteiger charge is 2.17. The molecule has 0 amide bonds. The molecule has 5 heteroatoms. The van der Waals surface area contributed by atoms with Crippen LogP contribution in [0.15, 0.2) is 48.6 Å². The third-order valence-electron chi connectivity index (χ3n) is 10.4. The van der Waals surface area contributed by atoms with Gasteiger partial charge < -0.3 is 14.2 Å². The summed E-state index contributed by atoms with van der Waals surface area (Å²) in [6, 6.07) is 0. The van der Waals surface area contributed by atoms with Crippen LogP contribution in [0.25, 0.3) is 0 Å². The zero-order valence-corrected chi connectivity index (χ0v) is 37.4. The molecule has 56 heavy (non-hydrogen) atoms. The Kier molecular flexibility index (Phi) is 45.4. The van der Waals surface area contributed by atoms with Crippen molar-refractivity contribution in [3.63, 3.8) is 0 Å². The Morgan fingerprint density at radius 1 is 0.411 bits per heavy atom. The topological polar surface area (TPSA) is 61.8 Å². The molecule has 0 radical (unpaired) electrons. The molecule has 0 bridgehead atoms. The molecule has 1 atom stereocenters. The van der Waals surface area contributed by atoms with E-state index in [4.69, 9.17) is 14.2 Å². The van der Waals surface area contributed by atoms with Crippen molar-refractivity contribution < 1.29 is 23.8 Å². The molecule has 0 rings (SSSR count). The van der Waals surface area contributed by atoms with E-state index in [1.54, 1.807) is 0 Å². The van der Waals surface area contributed by atoms with Crippen molar-refractivity contribution in [2.24, 2.45) is 0 Å². The van der Waals surface area contributed by atoms with Crippen molar-refractivity contribution in [1.29, 1.82) is 0 Å². The highest BCUT2D eigenvalue weighted by Crippen LogP contribution is 2.15. The molecule has 0 heterocycles. The molecule has 1 unspecified atom stereocenters. The molecule has 5 nitrogen and oxygen atoms in total. The van der Waals surface area contributed by atoms with Crippen molar-refractivity contribution in [3.8, 4) is 0 Å². The van der Waals surface area contributed by atoms with Gasteiger partial charge in [-0.1, -0.05) is 217 Å². The van der Waals surface area contributed by atoms with E-state index in [1.807, 2.05) is 0 Å². The van der Waals surface area contributed by atoms with Crippen LogP contribution >= 0.6 is 0 Å². The van der Waals surface area contributed by atoms with Crippen LogP contribution in [0, 0.1) is 0 Å². The second kappa shape index (κ2) is 47.2. The summed E-state index contributed by atoms with van der Waals surface area (Å²) in [5.74, 6) is -0.418. The van der Waals surface area contributed by atoms with Gasteiger partial charge in [-0.15, -0.1) is 0 Å². The maximum Gasteiger partial charge on any atom is 0.306 e. The van der Waals surface area contributed by atoms with Gasteiger partial charge in [-0.25, -0.2) is 0 Å². The van der Waals surface area contributed by atoms with Crippen molar-refractivity contribution in [3.05, 3.63) is 48.6 Å². The van der Waals surface area contributed by atoms with Crippen LogP contribution in [0.2, 0.25) is 0 Å². The average molecular weight is 785 g/mol. The molecule has 0 fully saturated rings. The normalized spacial score (nSPS) is 12.6. The Morgan fingerprint density at radius 3 is 1.29 bits per heavy atom. The molecule has 0 spiro atoms. The van der Waals surface area contributed by atoms with E-state index < -0.39 is 6.10 Å². The molecule has 0 aliphatic carbocycles. The lowest BCUT2D eigenvalue weighted by Gasteiger charge is -2.18. The predicted octanol–water partition coefficient (Wildman–Crippen LogP) is 16.0. The van der Waals surface area contributed by atoms with Crippen LogP contribution in [0.3, 0.4) is 0 Å². The highest BCUT2D eigenvalue weighted by atomic mass is 16.6. The molecule has 0 saturated heterocycles. The lowest BCUT2D eigenvalue weighted by atomic mass is 10.0. The Balaban J connectivity index is 4.23. The first-order valence-corrected chi connectivity index (χ1v) is 24.2. The fourth-order valence-electron chi connectivity index (χ4n) is 6.80. The Bertz CT molecular complexity index is 935. The van der Waals surface area contributed by atoms with Crippen molar-refractivity contribution in [1.82, 2.24) is 0 Å². The smallest absolute Gasteiger partial charge is 0.306 e. The SMILES string of the molecule is CC/C=C\C/C=C\C/C=C\C/C=C\CCCCCCC(=O)OCC(COCCCCCCCCCCCCCCCC)OC(=O)CCCCCCCCCCC. The first kappa shape index (κ1) is 53.9. The van der Waals surface area contributed by atoms with E-state index >= 15 is 0 Å². The van der Waals surface area contributed by atoms with Crippen LogP contribution in [0.1, 0.15) is 239 Å². The van der Waals surface area contributed by atoms with Gasteiger partial charge >= 0.3 is 11.9 Å². The number of unbranched alkanes of at least 4 members (excludes halogenated alkanes) is 25. The Morgan fingerprint density at radius 2 is 0.804 bits per heavy atom. The lowest BCUT2D eigenvalue weighted by Crippen LogP contribution is -2.30. The second-order valence-corrected chi connectivity index (χ2v) is 16.0. The molecule has 0 aliphatic rings. The number of ether oxygens (including phenoxy) is 3. The number of hydrogen-bond acceptors (Lipinski definition) is 5. The van der Waals surface area contributed by atoms with Crippen LogP contribution in [0.4, 0.5) is 0 Å². The number of allylic oxidation sites excluding steroid dienone is 8. The van der Waals surface area contributed by atoms with Gasteiger partial charge in [0, 0.05) is 19.4 Å². The maximum atomic E-state index is 12.7.